The molecule has 0 radical (unpaired) electrons. The van der Waals surface area contributed by atoms with Gasteiger partial charge in [0.15, 0.2) is 5.79 Å². The van der Waals surface area contributed by atoms with Crippen LogP contribution in [0.25, 0.3) is 0 Å². The molecule has 0 unspecified atom stereocenters. The number of amides is 1. The second-order valence-electron chi connectivity index (χ2n) is 4.42. The average molecular weight is 297 g/mol. The minimum absolute atomic E-state index is 0.0604. The van der Waals surface area contributed by atoms with Gasteiger partial charge in [0.2, 0.25) is 5.91 Å². The third-order valence-electron chi connectivity index (χ3n) is 2.66. The minimum Gasteiger partial charge on any atom is -0.481 e. The van der Waals surface area contributed by atoms with Gasteiger partial charge in [0.1, 0.15) is 6.04 Å². The van der Waals surface area contributed by atoms with Gasteiger partial charge in [0.05, 0.1) is 12.8 Å². The summed E-state index contributed by atoms with van der Waals surface area (Å²) in [7, 11) is 0. The summed E-state index contributed by atoms with van der Waals surface area (Å²) in [6.07, 6.45) is -1.63. The molecule has 1 atom stereocenters. The van der Waals surface area contributed by atoms with E-state index in [0.717, 1.165) is 0 Å². The SMILES string of the molecule is O=C(O)C[C@H](NC(=O)CC(O)(O)c1ccccc1)C(=O)O. The van der Waals surface area contributed by atoms with Gasteiger partial charge in [0, 0.05) is 5.56 Å². The molecule has 0 aliphatic carbocycles. The van der Waals surface area contributed by atoms with Crippen LogP contribution in [0.3, 0.4) is 0 Å². The lowest BCUT2D eigenvalue weighted by Gasteiger charge is -2.22. The molecular weight excluding hydrogens is 282 g/mol. The second kappa shape index (κ2) is 6.82. The van der Waals surface area contributed by atoms with Crippen LogP contribution in [0.2, 0.25) is 0 Å². The molecule has 0 aliphatic rings. The number of hydrogen-bond acceptors (Lipinski definition) is 5. The Kier molecular flexibility index (Phi) is 5.39. The molecule has 0 fully saturated rings. The summed E-state index contributed by atoms with van der Waals surface area (Å²) in [5.41, 5.74) is 0.0604. The Morgan fingerprint density at radius 3 is 2.14 bits per heavy atom. The summed E-state index contributed by atoms with van der Waals surface area (Å²) in [6, 6.07) is 5.87. The van der Waals surface area contributed by atoms with E-state index >= 15 is 0 Å². The zero-order chi connectivity index (χ0) is 16.0. The summed E-state index contributed by atoms with van der Waals surface area (Å²) < 4.78 is 0. The predicted octanol–water partition coefficient (Wildman–Crippen LogP) is -0.742. The fourth-order valence-corrected chi connectivity index (χ4v) is 1.65. The fourth-order valence-electron chi connectivity index (χ4n) is 1.65. The number of carbonyl (C=O) groups excluding carboxylic acids is 1. The van der Waals surface area contributed by atoms with Gasteiger partial charge >= 0.3 is 11.9 Å². The van der Waals surface area contributed by atoms with Crippen LogP contribution in [-0.4, -0.2) is 44.3 Å². The maximum absolute atomic E-state index is 11.6. The highest BCUT2D eigenvalue weighted by atomic mass is 16.5. The molecule has 0 aromatic heterocycles. The standard InChI is InChI=1S/C13H15NO7/c15-10(14-9(12(18)19)6-11(16)17)7-13(20,21)8-4-2-1-3-5-8/h1-5,9,20-21H,6-7H2,(H,14,15)(H,16,17)(H,18,19)/t9-/m0/s1. The highest BCUT2D eigenvalue weighted by Gasteiger charge is 2.31. The lowest BCUT2D eigenvalue weighted by molar-refractivity contribution is -0.180. The molecule has 0 saturated carbocycles. The molecule has 0 saturated heterocycles. The number of aliphatic carboxylic acids is 2. The molecule has 1 rings (SSSR count). The lowest BCUT2D eigenvalue weighted by atomic mass is 10.0. The smallest absolute Gasteiger partial charge is 0.326 e. The average Bonchev–Trinajstić information content (AvgIpc) is 2.37. The molecule has 1 amide bonds. The van der Waals surface area contributed by atoms with E-state index in [1.165, 1.54) is 12.1 Å². The van der Waals surface area contributed by atoms with Crippen molar-refractivity contribution in [2.75, 3.05) is 0 Å². The van der Waals surface area contributed by atoms with Crippen molar-refractivity contribution in [3.05, 3.63) is 35.9 Å². The molecule has 8 heteroatoms. The van der Waals surface area contributed by atoms with Crippen molar-refractivity contribution in [3.63, 3.8) is 0 Å². The van der Waals surface area contributed by atoms with Crippen molar-refractivity contribution in [3.8, 4) is 0 Å². The quantitative estimate of drug-likeness (QED) is 0.417. The van der Waals surface area contributed by atoms with E-state index in [4.69, 9.17) is 10.2 Å². The highest BCUT2D eigenvalue weighted by molar-refractivity contribution is 5.87. The van der Waals surface area contributed by atoms with Crippen molar-refractivity contribution in [1.29, 1.82) is 0 Å². The molecule has 5 N–H and O–H groups in total. The van der Waals surface area contributed by atoms with Crippen LogP contribution in [-0.2, 0) is 20.2 Å². The number of rotatable bonds is 7. The topological polar surface area (TPSA) is 144 Å². The molecular formula is C13H15NO7. The van der Waals surface area contributed by atoms with Crippen LogP contribution in [0.15, 0.2) is 30.3 Å². The lowest BCUT2D eigenvalue weighted by Crippen LogP contribution is -2.44. The van der Waals surface area contributed by atoms with E-state index in [-0.39, 0.29) is 5.56 Å². The first-order valence-corrected chi connectivity index (χ1v) is 5.96. The van der Waals surface area contributed by atoms with E-state index in [9.17, 15) is 24.6 Å². The Bertz CT molecular complexity index is 527. The Morgan fingerprint density at radius 2 is 1.67 bits per heavy atom. The second-order valence-corrected chi connectivity index (χ2v) is 4.42. The Balaban J connectivity index is 2.71. The van der Waals surface area contributed by atoms with Gasteiger partial charge in [0.25, 0.3) is 0 Å². The first-order chi connectivity index (χ1) is 9.72. The fraction of sp³-hybridized carbons (Fsp3) is 0.308. The predicted molar refractivity (Wildman–Crippen MR) is 69.0 cm³/mol. The van der Waals surface area contributed by atoms with Gasteiger partial charge in [-0.05, 0) is 0 Å². The van der Waals surface area contributed by atoms with E-state index in [1.54, 1.807) is 18.2 Å². The van der Waals surface area contributed by atoms with E-state index in [2.05, 4.69) is 0 Å². The number of carboxylic acids is 2. The van der Waals surface area contributed by atoms with Gasteiger partial charge < -0.3 is 25.7 Å². The molecule has 21 heavy (non-hydrogen) atoms. The summed E-state index contributed by atoms with van der Waals surface area (Å²) in [5.74, 6) is -6.38. The maximum atomic E-state index is 11.6. The summed E-state index contributed by atoms with van der Waals surface area (Å²) in [4.78, 5) is 32.9. The van der Waals surface area contributed by atoms with Crippen LogP contribution in [0.5, 0.6) is 0 Å². The minimum atomic E-state index is -2.47. The Hall–Kier alpha value is -2.45. The number of nitrogens with one attached hydrogen (secondary N) is 1. The van der Waals surface area contributed by atoms with Crippen LogP contribution in [0.4, 0.5) is 0 Å². The number of carboxylic acid groups (broad SMARTS) is 2. The zero-order valence-electron chi connectivity index (χ0n) is 10.9. The monoisotopic (exact) mass is 297 g/mol. The summed E-state index contributed by atoms with van der Waals surface area (Å²) in [6.45, 7) is 0. The molecule has 8 nitrogen and oxygen atoms in total. The highest BCUT2D eigenvalue weighted by Crippen LogP contribution is 2.21. The van der Waals surface area contributed by atoms with Gasteiger partial charge in [-0.25, -0.2) is 4.79 Å². The van der Waals surface area contributed by atoms with Gasteiger partial charge in [-0.15, -0.1) is 0 Å². The molecule has 1 aromatic rings. The largest absolute Gasteiger partial charge is 0.481 e. The Labute approximate surface area is 119 Å². The third-order valence-corrected chi connectivity index (χ3v) is 2.66. The van der Waals surface area contributed by atoms with Crippen molar-refractivity contribution in [2.45, 2.75) is 24.7 Å². The number of hydrogen-bond donors (Lipinski definition) is 5. The van der Waals surface area contributed by atoms with Crippen LogP contribution in [0.1, 0.15) is 18.4 Å². The van der Waals surface area contributed by atoms with Crippen molar-refractivity contribution in [2.24, 2.45) is 0 Å². The summed E-state index contributed by atoms with van der Waals surface area (Å²) >= 11 is 0. The molecule has 0 aliphatic heterocycles. The maximum Gasteiger partial charge on any atom is 0.326 e. The van der Waals surface area contributed by atoms with E-state index < -0.39 is 42.5 Å². The Morgan fingerprint density at radius 1 is 1.10 bits per heavy atom. The third kappa shape index (κ3) is 5.21. The molecule has 114 valence electrons. The van der Waals surface area contributed by atoms with Crippen molar-refractivity contribution >= 4 is 17.8 Å². The van der Waals surface area contributed by atoms with Crippen LogP contribution >= 0.6 is 0 Å². The first kappa shape index (κ1) is 16.6. The number of aliphatic hydroxyl groups is 2. The van der Waals surface area contributed by atoms with E-state index in [1.807, 2.05) is 5.32 Å². The molecule has 1 aromatic carbocycles. The van der Waals surface area contributed by atoms with Crippen LogP contribution in [0, 0.1) is 0 Å². The normalized spacial score (nSPS) is 12.5. The number of benzene rings is 1. The first-order valence-electron chi connectivity index (χ1n) is 5.96. The van der Waals surface area contributed by atoms with Crippen LogP contribution < -0.4 is 5.32 Å². The van der Waals surface area contributed by atoms with Crippen molar-refractivity contribution < 1.29 is 34.8 Å². The van der Waals surface area contributed by atoms with Gasteiger partial charge in [-0.3, -0.25) is 9.59 Å². The van der Waals surface area contributed by atoms with Crippen molar-refractivity contribution in [1.82, 2.24) is 5.32 Å². The zero-order valence-corrected chi connectivity index (χ0v) is 10.9. The van der Waals surface area contributed by atoms with Gasteiger partial charge in [-0.1, -0.05) is 30.3 Å². The molecule has 0 bridgehead atoms. The number of carbonyl (C=O) groups is 3. The summed E-state index contributed by atoms with van der Waals surface area (Å²) in [5, 5.41) is 38.9. The van der Waals surface area contributed by atoms with E-state index in [0.29, 0.717) is 0 Å². The van der Waals surface area contributed by atoms with Gasteiger partial charge in [-0.2, -0.15) is 0 Å². The molecule has 0 spiro atoms. The molecule has 0 heterocycles.